The lowest BCUT2D eigenvalue weighted by atomic mass is 9.95. The molecular formula is C23H24BrClFN3. The van der Waals surface area contributed by atoms with E-state index >= 15 is 0 Å². The number of aromatic nitrogens is 1. The highest BCUT2D eigenvalue weighted by Crippen LogP contribution is 2.34. The Morgan fingerprint density at radius 3 is 2.93 bits per heavy atom. The van der Waals surface area contributed by atoms with Crippen molar-refractivity contribution in [2.45, 2.75) is 25.7 Å². The molecule has 0 spiro atoms. The maximum absolute atomic E-state index is 14.7. The van der Waals surface area contributed by atoms with Crippen molar-refractivity contribution in [2.75, 3.05) is 25.0 Å². The molecule has 1 aliphatic heterocycles. The number of para-hydroxylation sites is 1. The maximum atomic E-state index is 14.7. The molecule has 29 heavy (non-hydrogen) atoms. The molecule has 2 heterocycles. The molecule has 1 unspecified atom stereocenters. The Morgan fingerprint density at radius 1 is 1.24 bits per heavy atom. The minimum absolute atomic E-state index is 0.0833. The Bertz CT molecular complexity index is 1000. The zero-order chi connectivity index (χ0) is 20.2. The van der Waals surface area contributed by atoms with Gasteiger partial charge in [0.1, 0.15) is 0 Å². The molecule has 1 aromatic heterocycles. The molecule has 1 fully saturated rings. The van der Waals surface area contributed by atoms with Crippen LogP contribution in [0.25, 0.3) is 22.2 Å². The number of fused-ring (bicyclic) bond motifs is 1. The van der Waals surface area contributed by atoms with Gasteiger partial charge in [-0.1, -0.05) is 45.7 Å². The second kappa shape index (κ2) is 9.41. The van der Waals surface area contributed by atoms with Crippen LogP contribution in [0, 0.1) is 11.7 Å². The molecule has 0 radical (unpaired) electrons. The molecule has 3 nitrogen and oxygen atoms in total. The smallest absolute Gasteiger partial charge is 0.151 e. The number of pyridine rings is 1. The molecule has 6 heteroatoms. The van der Waals surface area contributed by atoms with Crippen LogP contribution < -0.4 is 10.6 Å². The summed E-state index contributed by atoms with van der Waals surface area (Å²) in [5.41, 5.74) is 2.78. The van der Waals surface area contributed by atoms with Gasteiger partial charge in [-0.3, -0.25) is 0 Å². The lowest BCUT2D eigenvalue weighted by molar-refractivity contribution is 0.353. The Balaban J connectivity index is 1.58. The first-order valence-corrected chi connectivity index (χ1v) is 11.3. The summed E-state index contributed by atoms with van der Waals surface area (Å²) in [6.07, 6.45) is 4.91. The topological polar surface area (TPSA) is 37.0 Å². The first-order valence-electron chi connectivity index (χ1n) is 10.1. The minimum atomic E-state index is -0.451. The third-order valence-electron chi connectivity index (χ3n) is 5.49. The van der Waals surface area contributed by atoms with E-state index in [2.05, 4.69) is 31.5 Å². The van der Waals surface area contributed by atoms with Crippen molar-refractivity contribution in [1.29, 1.82) is 0 Å². The Hall–Kier alpha value is -1.69. The summed E-state index contributed by atoms with van der Waals surface area (Å²) in [6.45, 7) is 3.16. The second-order valence-electron chi connectivity index (χ2n) is 7.60. The molecule has 2 N–H and O–H groups in total. The van der Waals surface area contributed by atoms with Crippen LogP contribution in [0.3, 0.4) is 0 Å². The van der Waals surface area contributed by atoms with Gasteiger partial charge in [0, 0.05) is 27.7 Å². The van der Waals surface area contributed by atoms with Crippen LogP contribution >= 0.6 is 27.5 Å². The highest BCUT2D eigenvalue weighted by molar-refractivity contribution is 9.10. The van der Waals surface area contributed by atoms with E-state index in [4.69, 9.17) is 11.6 Å². The van der Waals surface area contributed by atoms with E-state index in [9.17, 15) is 4.39 Å². The van der Waals surface area contributed by atoms with Gasteiger partial charge in [0.05, 0.1) is 16.2 Å². The molecule has 1 atom stereocenters. The molecule has 3 aromatic rings. The van der Waals surface area contributed by atoms with Crippen molar-refractivity contribution in [3.8, 4) is 11.3 Å². The molecule has 4 rings (SSSR count). The number of nitrogens with zero attached hydrogens (tertiary/aromatic N) is 1. The van der Waals surface area contributed by atoms with Crippen molar-refractivity contribution in [2.24, 2.45) is 5.92 Å². The van der Waals surface area contributed by atoms with Gasteiger partial charge in [0.25, 0.3) is 0 Å². The van der Waals surface area contributed by atoms with Gasteiger partial charge < -0.3 is 10.6 Å². The zero-order valence-electron chi connectivity index (χ0n) is 16.1. The van der Waals surface area contributed by atoms with Crippen LogP contribution in [-0.2, 0) is 0 Å². The average Bonchev–Trinajstić information content (AvgIpc) is 2.74. The predicted octanol–water partition coefficient (Wildman–Crippen LogP) is 6.65. The molecule has 0 bridgehead atoms. The van der Waals surface area contributed by atoms with Gasteiger partial charge in [-0.05, 0) is 69.0 Å². The number of piperidine rings is 1. The molecule has 1 aliphatic rings. The van der Waals surface area contributed by atoms with Gasteiger partial charge in [0.15, 0.2) is 5.82 Å². The number of benzene rings is 2. The van der Waals surface area contributed by atoms with E-state index in [0.717, 1.165) is 53.0 Å². The van der Waals surface area contributed by atoms with Gasteiger partial charge in [0.2, 0.25) is 0 Å². The number of halogens is 3. The van der Waals surface area contributed by atoms with Crippen LogP contribution in [0.2, 0.25) is 5.02 Å². The minimum Gasteiger partial charge on any atom is -0.384 e. The fourth-order valence-electron chi connectivity index (χ4n) is 3.99. The van der Waals surface area contributed by atoms with Crippen LogP contribution in [0.15, 0.2) is 46.9 Å². The van der Waals surface area contributed by atoms with Crippen molar-refractivity contribution < 1.29 is 4.39 Å². The van der Waals surface area contributed by atoms with Crippen LogP contribution in [0.1, 0.15) is 25.7 Å². The van der Waals surface area contributed by atoms with E-state index in [0.29, 0.717) is 11.3 Å². The summed E-state index contributed by atoms with van der Waals surface area (Å²) in [5.74, 6) is 0.321. The Labute approximate surface area is 184 Å². The number of anilines is 1. The molecule has 0 saturated carbocycles. The van der Waals surface area contributed by atoms with Crippen molar-refractivity contribution in [3.05, 3.63) is 57.8 Å². The highest BCUT2D eigenvalue weighted by Gasteiger charge is 2.15. The Kier molecular flexibility index (Phi) is 6.68. The van der Waals surface area contributed by atoms with Crippen LogP contribution in [0.4, 0.5) is 10.1 Å². The summed E-state index contributed by atoms with van der Waals surface area (Å²) in [6, 6.07) is 13.1. The normalized spacial score (nSPS) is 16.9. The van der Waals surface area contributed by atoms with Gasteiger partial charge in [-0.25, -0.2) is 9.37 Å². The van der Waals surface area contributed by atoms with Crippen molar-refractivity contribution >= 4 is 44.1 Å². The van der Waals surface area contributed by atoms with E-state index < -0.39 is 5.82 Å². The lowest BCUT2D eigenvalue weighted by Crippen LogP contribution is -2.29. The number of hydrogen-bond donors (Lipinski definition) is 2. The lowest BCUT2D eigenvalue weighted by Gasteiger charge is -2.22. The van der Waals surface area contributed by atoms with E-state index in [-0.39, 0.29) is 5.02 Å². The number of rotatable bonds is 6. The quantitative estimate of drug-likeness (QED) is 0.309. The third-order valence-corrected chi connectivity index (χ3v) is 6.22. The monoisotopic (exact) mass is 475 g/mol. The fraction of sp³-hybridized carbons (Fsp3) is 0.348. The van der Waals surface area contributed by atoms with Crippen molar-refractivity contribution in [1.82, 2.24) is 10.3 Å². The zero-order valence-corrected chi connectivity index (χ0v) is 18.5. The van der Waals surface area contributed by atoms with E-state index in [1.54, 1.807) is 12.1 Å². The molecule has 152 valence electrons. The van der Waals surface area contributed by atoms with Crippen molar-refractivity contribution in [3.63, 3.8) is 0 Å². The average molecular weight is 477 g/mol. The molecule has 2 aromatic carbocycles. The van der Waals surface area contributed by atoms with Gasteiger partial charge in [-0.15, -0.1) is 0 Å². The van der Waals surface area contributed by atoms with Gasteiger partial charge >= 0.3 is 0 Å². The molecular weight excluding hydrogens is 453 g/mol. The van der Waals surface area contributed by atoms with E-state index in [1.807, 2.05) is 30.3 Å². The fourth-order valence-corrected chi connectivity index (χ4v) is 4.80. The second-order valence-corrected chi connectivity index (χ2v) is 8.93. The summed E-state index contributed by atoms with van der Waals surface area (Å²) in [4.78, 5) is 4.68. The predicted molar refractivity (Wildman–Crippen MR) is 123 cm³/mol. The number of nitrogens with one attached hydrogen (secondary N) is 2. The summed E-state index contributed by atoms with van der Waals surface area (Å²) < 4.78 is 15.4. The third kappa shape index (κ3) is 4.90. The SMILES string of the molecule is Fc1c(Cl)cc(Br)cc1-c1cc(NCCCC2CCCNC2)c2ccccc2n1. The summed E-state index contributed by atoms with van der Waals surface area (Å²) in [5, 5.41) is 8.16. The van der Waals surface area contributed by atoms with Crippen LogP contribution in [0.5, 0.6) is 0 Å². The molecule has 0 aliphatic carbocycles. The summed E-state index contributed by atoms with van der Waals surface area (Å²) in [7, 11) is 0. The first kappa shape index (κ1) is 20.6. The first-order chi connectivity index (χ1) is 14.1. The largest absolute Gasteiger partial charge is 0.384 e. The maximum Gasteiger partial charge on any atom is 0.151 e. The number of hydrogen-bond acceptors (Lipinski definition) is 3. The highest BCUT2D eigenvalue weighted by atomic mass is 79.9. The molecule has 0 amide bonds. The van der Waals surface area contributed by atoms with Crippen LogP contribution in [-0.4, -0.2) is 24.6 Å². The molecule has 1 saturated heterocycles. The Morgan fingerprint density at radius 2 is 2.10 bits per heavy atom. The standard InChI is InChI=1S/C23H24BrClFN3/c24-16-11-18(23(26)19(25)12-16)22-13-21(17-7-1-2-8-20(17)29-22)28-10-4-6-15-5-3-9-27-14-15/h1-2,7-8,11-13,15,27H,3-6,9-10,14H2,(H,28,29). The summed E-state index contributed by atoms with van der Waals surface area (Å²) >= 11 is 9.45. The van der Waals surface area contributed by atoms with E-state index in [1.165, 1.54) is 19.3 Å². The van der Waals surface area contributed by atoms with Gasteiger partial charge in [-0.2, -0.15) is 0 Å².